The van der Waals surface area contributed by atoms with Crippen molar-refractivity contribution >= 4 is 23.1 Å². The molecule has 0 radical (unpaired) electrons. The van der Waals surface area contributed by atoms with Crippen LogP contribution in [0.5, 0.6) is 0 Å². The van der Waals surface area contributed by atoms with Gasteiger partial charge in [0.25, 0.3) is 0 Å². The number of aliphatic imine (C=N–C) groups is 1. The third-order valence-electron chi connectivity index (χ3n) is 4.53. The lowest BCUT2D eigenvalue weighted by molar-refractivity contribution is 0.233. The lowest BCUT2D eigenvalue weighted by atomic mass is 10.00. The fraction of sp³-hybridized carbons (Fsp3) is 0.211. The smallest absolute Gasteiger partial charge is 0.174 e. The molecule has 2 aromatic carbocycles. The Bertz CT molecular complexity index is 1000. The highest BCUT2D eigenvalue weighted by Gasteiger charge is 2.21. The van der Waals surface area contributed by atoms with Crippen molar-refractivity contribution in [2.75, 3.05) is 6.54 Å². The molecular formula is C19H17ClFN5O. The van der Waals surface area contributed by atoms with Gasteiger partial charge in [-0.25, -0.2) is 14.0 Å². The van der Waals surface area contributed by atoms with Crippen LogP contribution < -0.4 is 5.73 Å². The van der Waals surface area contributed by atoms with Crippen molar-refractivity contribution in [3.63, 3.8) is 0 Å². The highest BCUT2D eigenvalue weighted by Crippen LogP contribution is 2.23. The molecule has 138 valence electrons. The van der Waals surface area contributed by atoms with E-state index in [9.17, 15) is 4.39 Å². The Morgan fingerprint density at radius 1 is 1.22 bits per heavy atom. The molecule has 0 aliphatic carbocycles. The van der Waals surface area contributed by atoms with E-state index >= 15 is 0 Å². The fourth-order valence-corrected chi connectivity index (χ4v) is 3.33. The minimum Gasteiger partial charge on any atom is -0.382 e. The second-order valence-electron chi connectivity index (χ2n) is 6.38. The monoisotopic (exact) mass is 385 g/mol. The van der Waals surface area contributed by atoms with E-state index in [1.54, 1.807) is 0 Å². The second-order valence-corrected chi connectivity index (χ2v) is 6.79. The second kappa shape index (κ2) is 7.46. The Morgan fingerprint density at radius 3 is 2.85 bits per heavy atom. The van der Waals surface area contributed by atoms with E-state index in [-0.39, 0.29) is 10.9 Å². The molecule has 2 N–H and O–H groups in total. The summed E-state index contributed by atoms with van der Waals surface area (Å²) in [7, 11) is 0. The first-order valence-electron chi connectivity index (χ1n) is 8.50. The van der Waals surface area contributed by atoms with Crippen molar-refractivity contribution in [2.24, 2.45) is 10.7 Å². The van der Waals surface area contributed by atoms with Gasteiger partial charge in [0.15, 0.2) is 11.5 Å². The fourth-order valence-electron chi connectivity index (χ4n) is 3.15. The number of benzene rings is 2. The van der Waals surface area contributed by atoms with Crippen LogP contribution in [0.15, 0.2) is 52.1 Å². The van der Waals surface area contributed by atoms with E-state index in [2.05, 4.69) is 38.4 Å². The van der Waals surface area contributed by atoms with Gasteiger partial charge in [0.05, 0.1) is 10.7 Å². The van der Waals surface area contributed by atoms with E-state index in [1.165, 1.54) is 29.3 Å². The minimum absolute atomic E-state index is 0.0190. The molecule has 1 aliphatic rings. The van der Waals surface area contributed by atoms with Crippen molar-refractivity contribution in [3.8, 4) is 0 Å². The molecule has 27 heavy (non-hydrogen) atoms. The molecule has 0 amide bonds. The molecule has 0 bridgehead atoms. The van der Waals surface area contributed by atoms with Gasteiger partial charge in [-0.15, -0.1) is 0 Å². The van der Waals surface area contributed by atoms with Gasteiger partial charge < -0.3 is 5.73 Å². The molecule has 0 fully saturated rings. The number of nitrogens with zero attached hydrogens (tertiary/aromatic N) is 4. The van der Waals surface area contributed by atoms with Crippen LogP contribution in [0.2, 0.25) is 5.02 Å². The average Bonchev–Trinajstić information content (AvgIpc) is 3.13. The van der Waals surface area contributed by atoms with Crippen molar-refractivity contribution in [2.45, 2.75) is 19.5 Å². The maximum Gasteiger partial charge on any atom is 0.174 e. The normalized spacial score (nSPS) is 15.0. The van der Waals surface area contributed by atoms with Crippen molar-refractivity contribution in [3.05, 3.63) is 75.8 Å². The Hall–Kier alpha value is -2.77. The average molecular weight is 386 g/mol. The van der Waals surface area contributed by atoms with Crippen LogP contribution in [0.1, 0.15) is 22.5 Å². The number of amidine groups is 1. The van der Waals surface area contributed by atoms with Crippen molar-refractivity contribution in [1.82, 2.24) is 15.2 Å². The Balaban J connectivity index is 1.53. The van der Waals surface area contributed by atoms with E-state index in [4.69, 9.17) is 22.0 Å². The lowest BCUT2D eigenvalue weighted by Crippen LogP contribution is -2.31. The molecule has 0 spiro atoms. The summed E-state index contributed by atoms with van der Waals surface area (Å²) >= 11 is 5.79. The van der Waals surface area contributed by atoms with Crippen LogP contribution in [-0.2, 0) is 19.5 Å². The SMILES string of the molecule is NC(=Nc1ccc(F)c(Cl)c1)c1nonc1CN1CCc2ccccc2C1. The largest absolute Gasteiger partial charge is 0.382 e. The highest BCUT2D eigenvalue weighted by atomic mass is 35.5. The van der Waals surface area contributed by atoms with Gasteiger partial charge in [-0.3, -0.25) is 4.90 Å². The molecule has 1 aromatic heterocycles. The summed E-state index contributed by atoms with van der Waals surface area (Å²) in [4.78, 5) is 6.51. The zero-order valence-electron chi connectivity index (χ0n) is 14.4. The van der Waals surface area contributed by atoms with Gasteiger partial charge in [0.2, 0.25) is 0 Å². The minimum atomic E-state index is -0.511. The summed E-state index contributed by atoms with van der Waals surface area (Å²) < 4.78 is 18.2. The Morgan fingerprint density at radius 2 is 2.04 bits per heavy atom. The summed E-state index contributed by atoms with van der Waals surface area (Å²) in [6, 6.07) is 12.5. The number of nitrogens with two attached hydrogens (primary N) is 1. The molecular weight excluding hydrogens is 369 g/mol. The Kier molecular flexibility index (Phi) is 4.87. The van der Waals surface area contributed by atoms with E-state index in [0.717, 1.165) is 19.5 Å². The quantitative estimate of drug-likeness (QED) is 0.549. The molecule has 4 rings (SSSR count). The van der Waals surface area contributed by atoms with Gasteiger partial charge in [0.1, 0.15) is 11.5 Å². The third kappa shape index (κ3) is 3.84. The zero-order valence-corrected chi connectivity index (χ0v) is 15.2. The van der Waals surface area contributed by atoms with Gasteiger partial charge in [0, 0.05) is 19.6 Å². The number of hydrogen-bond donors (Lipinski definition) is 1. The predicted octanol–water partition coefficient (Wildman–Crippen LogP) is 3.46. The van der Waals surface area contributed by atoms with Crippen molar-refractivity contribution < 1.29 is 9.02 Å². The van der Waals surface area contributed by atoms with Gasteiger partial charge in [-0.1, -0.05) is 41.0 Å². The first kappa shape index (κ1) is 17.6. The highest BCUT2D eigenvalue weighted by molar-refractivity contribution is 6.31. The van der Waals surface area contributed by atoms with E-state index in [0.29, 0.717) is 23.6 Å². The molecule has 0 saturated carbocycles. The molecule has 1 aliphatic heterocycles. The maximum atomic E-state index is 13.3. The van der Waals surface area contributed by atoms with Crippen LogP contribution in [0, 0.1) is 5.82 Å². The van der Waals surface area contributed by atoms with Crippen LogP contribution in [0.3, 0.4) is 0 Å². The molecule has 0 atom stereocenters. The molecule has 0 saturated heterocycles. The van der Waals surface area contributed by atoms with Gasteiger partial charge in [-0.2, -0.15) is 0 Å². The number of rotatable bonds is 4. The van der Waals surface area contributed by atoms with Crippen LogP contribution >= 0.6 is 11.6 Å². The first-order chi connectivity index (χ1) is 13.1. The molecule has 3 aromatic rings. The third-order valence-corrected chi connectivity index (χ3v) is 4.82. The summed E-state index contributed by atoms with van der Waals surface area (Å²) in [6.45, 7) is 2.29. The van der Waals surface area contributed by atoms with Gasteiger partial charge in [-0.05, 0) is 40.9 Å². The number of hydrogen-bond acceptors (Lipinski definition) is 5. The summed E-state index contributed by atoms with van der Waals surface area (Å²) in [6.07, 6.45) is 0.981. The summed E-state index contributed by atoms with van der Waals surface area (Å²) in [5, 5.41) is 7.85. The van der Waals surface area contributed by atoms with Crippen molar-refractivity contribution in [1.29, 1.82) is 0 Å². The van der Waals surface area contributed by atoms with Crippen LogP contribution in [-0.4, -0.2) is 27.6 Å². The van der Waals surface area contributed by atoms with E-state index < -0.39 is 5.82 Å². The lowest BCUT2D eigenvalue weighted by Gasteiger charge is -2.27. The van der Waals surface area contributed by atoms with E-state index in [1.807, 2.05) is 6.07 Å². The molecule has 2 heterocycles. The number of fused-ring (bicyclic) bond motifs is 1. The van der Waals surface area contributed by atoms with Gasteiger partial charge >= 0.3 is 0 Å². The molecule has 6 nitrogen and oxygen atoms in total. The number of halogens is 2. The Labute approximate surface area is 160 Å². The maximum absolute atomic E-state index is 13.3. The zero-order chi connectivity index (χ0) is 18.8. The van der Waals surface area contributed by atoms with Crippen LogP contribution in [0.4, 0.5) is 10.1 Å². The molecule has 8 heteroatoms. The summed E-state index contributed by atoms with van der Waals surface area (Å²) in [5.74, 6) is -0.366. The standard InChI is InChI=1S/C19H17ClFN5O/c20-15-9-14(5-6-16(15)21)23-19(22)18-17(24-27-25-18)11-26-8-7-12-3-1-2-4-13(12)10-26/h1-6,9H,7-8,10-11H2,(H2,22,23). The predicted molar refractivity (Wildman–Crippen MR) is 100 cm³/mol. The topological polar surface area (TPSA) is 80.5 Å². The molecule has 0 unspecified atom stereocenters. The first-order valence-corrected chi connectivity index (χ1v) is 8.88. The van der Waals surface area contributed by atoms with Crippen LogP contribution in [0.25, 0.3) is 0 Å². The number of aromatic nitrogens is 2. The summed E-state index contributed by atoms with van der Waals surface area (Å²) in [5.41, 5.74) is 10.2.